The average Bonchev–Trinajstić information content (AvgIpc) is 2.93. The van der Waals surface area contributed by atoms with Crippen molar-refractivity contribution >= 4 is 11.5 Å². The third-order valence-corrected chi connectivity index (χ3v) is 3.09. The van der Waals surface area contributed by atoms with Crippen molar-refractivity contribution in [3.63, 3.8) is 0 Å². The van der Waals surface area contributed by atoms with Gasteiger partial charge in [-0.3, -0.25) is 0 Å². The van der Waals surface area contributed by atoms with Gasteiger partial charge in [-0.25, -0.2) is 14.9 Å². The zero-order chi connectivity index (χ0) is 13.8. The molecule has 1 aliphatic rings. The summed E-state index contributed by atoms with van der Waals surface area (Å²) in [7, 11) is 0. The highest BCUT2D eigenvalue weighted by molar-refractivity contribution is 5.94. The van der Waals surface area contributed by atoms with Crippen LogP contribution in [0.4, 0.5) is 5.69 Å². The van der Waals surface area contributed by atoms with Gasteiger partial charge in [0.1, 0.15) is 18.2 Å². The number of nitrogens with zero attached hydrogens (tertiary/aromatic N) is 2. The van der Waals surface area contributed by atoms with Gasteiger partial charge in [0.2, 0.25) is 0 Å². The standard InChI is InChI=1S/C16H16N2O2/c1-13-17-12-20-18(13)15-7-9-16(10-8-15)19-11-14-5-3-2-4-6-14/h2-10H,11-12H2,1H3. The normalized spacial score (nSPS) is 14.2. The topological polar surface area (TPSA) is 34.1 Å². The highest BCUT2D eigenvalue weighted by atomic mass is 16.7. The van der Waals surface area contributed by atoms with E-state index in [0.29, 0.717) is 13.3 Å². The molecule has 0 aliphatic carbocycles. The predicted molar refractivity (Wildman–Crippen MR) is 78.8 cm³/mol. The molecule has 0 saturated heterocycles. The Bertz CT molecular complexity index is 594. The number of anilines is 1. The van der Waals surface area contributed by atoms with Crippen molar-refractivity contribution in [2.24, 2.45) is 4.99 Å². The maximum Gasteiger partial charge on any atom is 0.167 e. The van der Waals surface area contributed by atoms with Crippen LogP contribution in [0.1, 0.15) is 12.5 Å². The van der Waals surface area contributed by atoms with E-state index in [1.807, 2.05) is 61.5 Å². The lowest BCUT2D eigenvalue weighted by Crippen LogP contribution is -2.22. The number of rotatable bonds is 4. The number of benzene rings is 2. The van der Waals surface area contributed by atoms with Crippen molar-refractivity contribution in [3.05, 3.63) is 60.2 Å². The van der Waals surface area contributed by atoms with Gasteiger partial charge in [-0.05, 0) is 36.8 Å². The molecule has 0 unspecified atom stereocenters. The van der Waals surface area contributed by atoms with Crippen LogP contribution >= 0.6 is 0 Å². The number of hydrogen-bond donors (Lipinski definition) is 0. The van der Waals surface area contributed by atoms with Gasteiger partial charge in [0, 0.05) is 0 Å². The van der Waals surface area contributed by atoms with Gasteiger partial charge in [-0.1, -0.05) is 30.3 Å². The fraction of sp³-hybridized carbons (Fsp3) is 0.188. The minimum atomic E-state index is 0.387. The number of ether oxygens (including phenoxy) is 1. The fourth-order valence-corrected chi connectivity index (χ4v) is 2.02. The SMILES string of the molecule is CC1=NCON1c1ccc(OCc2ccccc2)cc1. The van der Waals surface area contributed by atoms with Crippen molar-refractivity contribution < 1.29 is 9.57 Å². The summed E-state index contributed by atoms with van der Waals surface area (Å²) in [4.78, 5) is 9.59. The number of hydrogen-bond acceptors (Lipinski definition) is 4. The van der Waals surface area contributed by atoms with Gasteiger partial charge in [-0.2, -0.15) is 0 Å². The van der Waals surface area contributed by atoms with Gasteiger partial charge < -0.3 is 4.74 Å². The third-order valence-electron chi connectivity index (χ3n) is 3.09. The van der Waals surface area contributed by atoms with E-state index < -0.39 is 0 Å². The lowest BCUT2D eigenvalue weighted by Gasteiger charge is -2.16. The van der Waals surface area contributed by atoms with E-state index in [-0.39, 0.29) is 0 Å². The van der Waals surface area contributed by atoms with E-state index in [1.54, 1.807) is 5.06 Å². The van der Waals surface area contributed by atoms with E-state index in [2.05, 4.69) is 4.99 Å². The van der Waals surface area contributed by atoms with E-state index in [9.17, 15) is 0 Å². The molecule has 20 heavy (non-hydrogen) atoms. The van der Waals surface area contributed by atoms with Crippen molar-refractivity contribution in [2.45, 2.75) is 13.5 Å². The first-order valence-corrected chi connectivity index (χ1v) is 6.54. The van der Waals surface area contributed by atoms with E-state index in [4.69, 9.17) is 9.57 Å². The van der Waals surface area contributed by atoms with Crippen LogP contribution in [-0.4, -0.2) is 12.6 Å². The van der Waals surface area contributed by atoms with Crippen molar-refractivity contribution in [1.29, 1.82) is 0 Å². The summed E-state index contributed by atoms with van der Waals surface area (Å²) >= 11 is 0. The first-order chi connectivity index (χ1) is 9.83. The Morgan fingerprint density at radius 2 is 1.85 bits per heavy atom. The second-order valence-corrected chi connectivity index (χ2v) is 4.53. The monoisotopic (exact) mass is 268 g/mol. The molecule has 0 amide bonds. The number of hydroxylamine groups is 1. The lowest BCUT2D eigenvalue weighted by molar-refractivity contribution is 0.173. The summed E-state index contributed by atoms with van der Waals surface area (Å²) in [6.07, 6.45) is 0. The molecule has 0 fully saturated rings. The van der Waals surface area contributed by atoms with Crippen LogP contribution < -0.4 is 9.80 Å². The molecule has 1 aliphatic heterocycles. The molecule has 0 spiro atoms. The molecule has 0 saturated carbocycles. The smallest absolute Gasteiger partial charge is 0.167 e. The van der Waals surface area contributed by atoms with Crippen LogP contribution in [0.25, 0.3) is 0 Å². The highest BCUT2D eigenvalue weighted by Gasteiger charge is 2.15. The molecule has 3 rings (SSSR count). The second kappa shape index (κ2) is 5.75. The largest absolute Gasteiger partial charge is 0.489 e. The van der Waals surface area contributed by atoms with Crippen molar-refractivity contribution in [2.75, 3.05) is 11.8 Å². The molecule has 0 aromatic heterocycles. The van der Waals surface area contributed by atoms with Gasteiger partial charge in [-0.15, -0.1) is 0 Å². The highest BCUT2D eigenvalue weighted by Crippen LogP contribution is 2.22. The van der Waals surface area contributed by atoms with Crippen molar-refractivity contribution in [3.8, 4) is 5.75 Å². The predicted octanol–water partition coefficient (Wildman–Crippen LogP) is 3.39. The van der Waals surface area contributed by atoms with Crippen LogP contribution in [0.3, 0.4) is 0 Å². The van der Waals surface area contributed by atoms with Crippen LogP contribution in [0, 0.1) is 0 Å². The summed E-state index contributed by atoms with van der Waals surface area (Å²) in [6, 6.07) is 17.9. The Labute approximate surface area is 118 Å². The number of amidine groups is 1. The van der Waals surface area contributed by atoms with E-state index in [0.717, 1.165) is 22.8 Å². The maximum absolute atomic E-state index is 5.75. The average molecular weight is 268 g/mol. The lowest BCUT2D eigenvalue weighted by atomic mass is 10.2. The van der Waals surface area contributed by atoms with Crippen LogP contribution in [0.15, 0.2) is 59.6 Å². The van der Waals surface area contributed by atoms with Crippen LogP contribution in [0.2, 0.25) is 0 Å². The summed E-state index contributed by atoms with van der Waals surface area (Å²) in [5, 5.41) is 1.72. The molecule has 0 radical (unpaired) electrons. The van der Waals surface area contributed by atoms with Crippen molar-refractivity contribution in [1.82, 2.24) is 0 Å². The molecule has 1 heterocycles. The van der Waals surface area contributed by atoms with Gasteiger partial charge in [0.15, 0.2) is 6.73 Å². The maximum atomic E-state index is 5.75. The molecule has 0 N–H and O–H groups in total. The fourth-order valence-electron chi connectivity index (χ4n) is 2.02. The summed E-state index contributed by atoms with van der Waals surface area (Å²) < 4.78 is 5.75. The zero-order valence-electron chi connectivity index (χ0n) is 11.3. The molecule has 2 aromatic rings. The Morgan fingerprint density at radius 3 is 2.50 bits per heavy atom. The quantitative estimate of drug-likeness (QED) is 0.852. The van der Waals surface area contributed by atoms with Gasteiger partial charge >= 0.3 is 0 Å². The Hall–Kier alpha value is -2.33. The Morgan fingerprint density at radius 1 is 1.10 bits per heavy atom. The molecule has 0 bridgehead atoms. The molecule has 2 aromatic carbocycles. The minimum absolute atomic E-state index is 0.387. The summed E-state index contributed by atoms with van der Waals surface area (Å²) in [6.45, 7) is 2.88. The third kappa shape index (κ3) is 2.81. The molecular formula is C16H16N2O2. The first kappa shape index (κ1) is 12.7. The number of aliphatic imine (C=N–C) groups is 1. The van der Waals surface area contributed by atoms with Crippen LogP contribution in [0.5, 0.6) is 5.75 Å². The zero-order valence-corrected chi connectivity index (χ0v) is 11.3. The van der Waals surface area contributed by atoms with Gasteiger partial charge in [0.25, 0.3) is 0 Å². The van der Waals surface area contributed by atoms with E-state index in [1.165, 1.54) is 0 Å². The Kier molecular flexibility index (Phi) is 3.65. The molecule has 4 nitrogen and oxygen atoms in total. The van der Waals surface area contributed by atoms with Crippen LogP contribution in [-0.2, 0) is 11.4 Å². The van der Waals surface area contributed by atoms with E-state index >= 15 is 0 Å². The first-order valence-electron chi connectivity index (χ1n) is 6.54. The minimum Gasteiger partial charge on any atom is -0.489 e. The molecular weight excluding hydrogens is 252 g/mol. The molecule has 0 atom stereocenters. The molecule has 4 heteroatoms. The van der Waals surface area contributed by atoms with Gasteiger partial charge in [0.05, 0.1) is 5.69 Å². The summed E-state index contributed by atoms with van der Waals surface area (Å²) in [5.74, 6) is 1.70. The summed E-state index contributed by atoms with van der Waals surface area (Å²) in [5.41, 5.74) is 2.11. The molecule has 102 valence electrons. The second-order valence-electron chi connectivity index (χ2n) is 4.53. The Balaban J connectivity index is 1.63.